The third kappa shape index (κ3) is 3.22. The summed E-state index contributed by atoms with van der Waals surface area (Å²) < 4.78 is 7.54. The number of aryl methyl sites for hydroxylation is 2. The largest absolute Gasteiger partial charge is 0.496 e. The number of H-pyrrole nitrogens is 1. The molecule has 0 bridgehead atoms. The van der Waals surface area contributed by atoms with Gasteiger partial charge in [0.25, 0.3) is 5.56 Å². The predicted molar refractivity (Wildman–Crippen MR) is 120 cm³/mol. The van der Waals surface area contributed by atoms with E-state index in [1.807, 2.05) is 24.3 Å². The van der Waals surface area contributed by atoms with Gasteiger partial charge in [-0.05, 0) is 43.9 Å². The average molecular weight is 440 g/mol. The number of hydrogen-bond donors (Lipinski definition) is 1. The number of methoxy groups -OCH3 is 1. The number of rotatable bonds is 6. The topological polar surface area (TPSA) is 85.7 Å². The number of benzene rings is 1. The number of thiophene rings is 1. The van der Waals surface area contributed by atoms with Crippen LogP contribution in [0.5, 0.6) is 5.75 Å². The van der Waals surface area contributed by atoms with Crippen LogP contribution in [0.25, 0.3) is 21.6 Å². The lowest BCUT2D eigenvalue weighted by molar-refractivity contribution is 0.416. The molecule has 1 aromatic carbocycles. The van der Waals surface area contributed by atoms with Crippen LogP contribution in [0.4, 0.5) is 0 Å². The van der Waals surface area contributed by atoms with Crippen molar-refractivity contribution in [1.29, 1.82) is 0 Å². The van der Waals surface area contributed by atoms with E-state index in [0.29, 0.717) is 11.6 Å². The third-order valence-electron chi connectivity index (χ3n) is 5.34. The molecule has 0 saturated heterocycles. The number of nitrogens with one attached hydrogen (secondary N) is 1. The molecule has 4 aromatic rings. The maximum Gasteiger partial charge on any atom is 0.259 e. The van der Waals surface area contributed by atoms with Gasteiger partial charge in [-0.3, -0.25) is 4.79 Å². The maximum absolute atomic E-state index is 12.7. The Bertz CT molecular complexity index is 1290. The maximum atomic E-state index is 12.7. The molecule has 1 aliphatic rings. The van der Waals surface area contributed by atoms with Gasteiger partial charge in [0.2, 0.25) is 0 Å². The third-order valence-corrected chi connectivity index (χ3v) is 7.51. The number of para-hydroxylation sites is 1. The first-order chi connectivity index (χ1) is 14.7. The fourth-order valence-electron chi connectivity index (χ4n) is 3.96. The molecule has 9 heteroatoms. The van der Waals surface area contributed by atoms with Crippen LogP contribution in [0.15, 0.2) is 34.2 Å². The Balaban J connectivity index is 1.43. The summed E-state index contributed by atoms with van der Waals surface area (Å²) in [6.45, 7) is 2.79. The van der Waals surface area contributed by atoms with Gasteiger partial charge in [0.05, 0.1) is 23.8 Å². The van der Waals surface area contributed by atoms with Crippen molar-refractivity contribution in [3.8, 4) is 17.1 Å². The van der Waals surface area contributed by atoms with Crippen molar-refractivity contribution in [3.05, 3.63) is 50.9 Å². The molecule has 1 N–H and O–H groups in total. The normalized spacial score (nSPS) is 13.1. The van der Waals surface area contributed by atoms with E-state index in [0.717, 1.165) is 58.3 Å². The summed E-state index contributed by atoms with van der Waals surface area (Å²) >= 11 is 3.18. The van der Waals surface area contributed by atoms with Gasteiger partial charge in [-0.2, -0.15) is 0 Å². The minimum absolute atomic E-state index is 0.0262. The minimum atomic E-state index is -0.0262. The van der Waals surface area contributed by atoms with E-state index in [4.69, 9.17) is 9.72 Å². The molecular weight excluding hydrogens is 418 g/mol. The molecule has 1 aliphatic carbocycles. The Morgan fingerprint density at radius 1 is 1.27 bits per heavy atom. The number of thioether (sulfide) groups is 1. The first-order valence-electron chi connectivity index (χ1n) is 9.92. The highest BCUT2D eigenvalue weighted by molar-refractivity contribution is 7.98. The van der Waals surface area contributed by atoms with E-state index in [-0.39, 0.29) is 5.56 Å². The number of aromatic amines is 1. The monoisotopic (exact) mass is 439 g/mol. The first-order valence-corrected chi connectivity index (χ1v) is 11.7. The van der Waals surface area contributed by atoms with Crippen molar-refractivity contribution in [2.24, 2.45) is 0 Å². The molecular formula is C21H21N5O2S2. The highest BCUT2D eigenvalue weighted by Gasteiger charge is 2.21. The van der Waals surface area contributed by atoms with Crippen molar-refractivity contribution in [3.63, 3.8) is 0 Å². The molecule has 154 valence electrons. The summed E-state index contributed by atoms with van der Waals surface area (Å²) in [4.78, 5) is 22.5. The molecule has 0 fully saturated rings. The SMILES string of the molecule is CCn1c(SCc2nc3sc4c(c3c(=O)[nH]2)CCC4)nnc1-c1ccccc1OC. The van der Waals surface area contributed by atoms with Crippen LogP contribution in [0.2, 0.25) is 0 Å². The zero-order chi connectivity index (χ0) is 20.7. The minimum Gasteiger partial charge on any atom is -0.496 e. The van der Waals surface area contributed by atoms with Crippen molar-refractivity contribution in [2.45, 2.75) is 43.6 Å². The smallest absolute Gasteiger partial charge is 0.259 e. The molecule has 0 radical (unpaired) electrons. The van der Waals surface area contributed by atoms with E-state index < -0.39 is 0 Å². The summed E-state index contributed by atoms with van der Waals surface area (Å²) in [6.07, 6.45) is 3.18. The lowest BCUT2D eigenvalue weighted by Gasteiger charge is -2.10. The van der Waals surface area contributed by atoms with Gasteiger partial charge in [-0.15, -0.1) is 21.5 Å². The molecule has 0 atom stereocenters. The quantitative estimate of drug-likeness (QED) is 0.456. The molecule has 0 aliphatic heterocycles. The van der Waals surface area contributed by atoms with Crippen LogP contribution in [0.1, 0.15) is 29.6 Å². The second kappa shape index (κ2) is 7.88. The summed E-state index contributed by atoms with van der Waals surface area (Å²) in [5.41, 5.74) is 2.08. The Hall–Kier alpha value is -2.65. The van der Waals surface area contributed by atoms with Gasteiger partial charge in [0.15, 0.2) is 11.0 Å². The van der Waals surface area contributed by atoms with E-state index >= 15 is 0 Å². The Morgan fingerprint density at radius 2 is 2.13 bits per heavy atom. The van der Waals surface area contributed by atoms with Crippen LogP contribution in [-0.2, 0) is 25.1 Å². The number of aromatic nitrogens is 5. The Kier molecular flexibility index (Phi) is 5.08. The van der Waals surface area contributed by atoms with Crippen LogP contribution in [-0.4, -0.2) is 31.8 Å². The fourth-order valence-corrected chi connectivity index (χ4v) is 6.11. The molecule has 30 heavy (non-hydrogen) atoms. The standard InChI is InChI=1S/C21H21N5O2S2/c1-3-26-18(12-7-4-5-9-14(12)28-2)24-25-21(26)29-11-16-22-19(27)17-13-8-6-10-15(13)30-20(17)23-16/h4-5,7,9H,3,6,8,10-11H2,1-2H3,(H,22,23,27). The summed E-state index contributed by atoms with van der Waals surface area (Å²) in [5, 5.41) is 10.4. The molecule has 3 heterocycles. The van der Waals surface area contributed by atoms with E-state index in [1.54, 1.807) is 18.4 Å². The fraction of sp³-hybridized carbons (Fsp3) is 0.333. The molecule has 0 amide bonds. The Labute approximate surface area is 181 Å². The molecule has 0 unspecified atom stereocenters. The van der Waals surface area contributed by atoms with Crippen LogP contribution in [0.3, 0.4) is 0 Å². The van der Waals surface area contributed by atoms with E-state index in [1.165, 1.54) is 22.2 Å². The van der Waals surface area contributed by atoms with Gasteiger partial charge < -0.3 is 14.3 Å². The van der Waals surface area contributed by atoms with Crippen LogP contribution >= 0.6 is 23.1 Å². The molecule has 0 saturated carbocycles. The molecule has 3 aromatic heterocycles. The van der Waals surface area contributed by atoms with Crippen molar-refractivity contribution in [1.82, 2.24) is 24.7 Å². The zero-order valence-corrected chi connectivity index (χ0v) is 18.4. The van der Waals surface area contributed by atoms with Gasteiger partial charge in [0, 0.05) is 11.4 Å². The van der Waals surface area contributed by atoms with Gasteiger partial charge >= 0.3 is 0 Å². The predicted octanol–water partition coefficient (Wildman–Crippen LogP) is 4.05. The van der Waals surface area contributed by atoms with Crippen LogP contribution in [0, 0.1) is 0 Å². The van der Waals surface area contributed by atoms with Crippen molar-refractivity contribution in [2.75, 3.05) is 7.11 Å². The zero-order valence-electron chi connectivity index (χ0n) is 16.8. The lowest BCUT2D eigenvalue weighted by atomic mass is 10.2. The average Bonchev–Trinajstić information content (AvgIpc) is 3.45. The van der Waals surface area contributed by atoms with E-state index in [9.17, 15) is 4.79 Å². The second-order valence-electron chi connectivity index (χ2n) is 7.09. The van der Waals surface area contributed by atoms with E-state index in [2.05, 4.69) is 26.7 Å². The van der Waals surface area contributed by atoms with Gasteiger partial charge in [0.1, 0.15) is 16.4 Å². The number of hydrogen-bond acceptors (Lipinski definition) is 7. The van der Waals surface area contributed by atoms with Crippen LogP contribution < -0.4 is 10.3 Å². The highest BCUT2D eigenvalue weighted by Crippen LogP contribution is 2.35. The molecule has 7 nitrogen and oxygen atoms in total. The first kappa shape index (κ1) is 19.3. The summed E-state index contributed by atoms with van der Waals surface area (Å²) in [7, 11) is 1.65. The molecule has 0 spiro atoms. The number of ether oxygens (including phenoxy) is 1. The highest BCUT2D eigenvalue weighted by atomic mass is 32.2. The number of fused-ring (bicyclic) bond motifs is 3. The van der Waals surface area contributed by atoms with Gasteiger partial charge in [-0.1, -0.05) is 23.9 Å². The Morgan fingerprint density at radius 3 is 2.97 bits per heavy atom. The molecule has 5 rings (SSSR count). The summed E-state index contributed by atoms with van der Waals surface area (Å²) in [6, 6.07) is 7.79. The van der Waals surface area contributed by atoms with Gasteiger partial charge in [-0.25, -0.2) is 4.98 Å². The summed E-state index contributed by atoms with van der Waals surface area (Å²) in [5.74, 6) is 2.72. The lowest BCUT2D eigenvalue weighted by Crippen LogP contribution is -2.11. The van der Waals surface area contributed by atoms with Crippen molar-refractivity contribution >= 4 is 33.3 Å². The second-order valence-corrected chi connectivity index (χ2v) is 9.12. The number of nitrogens with zero attached hydrogens (tertiary/aromatic N) is 4. The van der Waals surface area contributed by atoms with Crippen molar-refractivity contribution < 1.29 is 4.74 Å².